The summed E-state index contributed by atoms with van der Waals surface area (Å²) in [6, 6.07) is 5.65. The molecule has 0 bridgehead atoms. The van der Waals surface area contributed by atoms with Gasteiger partial charge in [-0.25, -0.2) is 4.39 Å². The number of nitrogens with zero attached hydrogens (tertiary/aromatic N) is 2. The Kier molecular flexibility index (Phi) is 4.42. The van der Waals surface area contributed by atoms with E-state index in [9.17, 15) is 14.0 Å². The minimum absolute atomic E-state index is 0.135. The minimum atomic E-state index is -0.563. The average Bonchev–Trinajstić information content (AvgIpc) is 3.33. The number of H-pyrrole nitrogens is 1. The van der Waals surface area contributed by atoms with E-state index in [1.54, 1.807) is 17.0 Å². The number of carbonyl (C=O) groups is 2. The standard InChI is InChI=1S/C18H20FN5O2/c19-12-3-1-2-11(8-12)16-14(9-21-23-16)18(26)24-7-6-20-10-15(24)17(25)22-13-4-5-13/h1-3,8-9,13,15,20H,4-7,10H2,(H,21,23)(H,22,25). The summed E-state index contributed by atoms with van der Waals surface area (Å²) in [5.74, 6) is -0.807. The van der Waals surface area contributed by atoms with E-state index in [4.69, 9.17) is 0 Å². The maximum absolute atomic E-state index is 13.6. The Balaban J connectivity index is 1.60. The predicted octanol–water partition coefficient (Wildman–Crippen LogP) is 0.908. The third-order valence-corrected chi connectivity index (χ3v) is 4.71. The Morgan fingerprint density at radius 2 is 2.15 bits per heavy atom. The number of carbonyl (C=O) groups excluding carboxylic acids is 2. The first kappa shape index (κ1) is 16.7. The van der Waals surface area contributed by atoms with Gasteiger partial charge in [0.1, 0.15) is 11.9 Å². The van der Waals surface area contributed by atoms with E-state index < -0.39 is 6.04 Å². The van der Waals surface area contributed by atoms with E-state index in [0.29, 0.717) is 36.5 Å². The van der Waals surface area contributed by atoms with E-state index in [0.717, 1.165) is 12.8 Å². The highest BCUT2D eigenvalue weighted by molar-refractivity contribution is 6.02. The molecule has 7 nitrogen and oxygen atoms in total. The summed E-state index contributed by atoms with van der Waals surface area (Å²) < 4.78 is 13.6. The normalized spacial score (nSPS) is 20.0. The van der Waals surface area contributed by atoms with Crippen molar-refractivity contribution in [1.29, 1.82) is 0 Å². The first-order valence-corrected chi connectivity index (χ1v) is 8.75. The lowest BCUT2D eigenvalue weighted by molar-refractivity contribution is -0.126. The molecular formula is C18H20FN5O2. The van der Waals surface area contributed by atoms with Crippen molar-refractivity contribution >= 4 is 11.8 Å². The van der Waals surface area contributed by atoms with Gasteiger partial charge in [-0.3, -0.25) is 14.7 Å². The second-order valence-electron chi connectivity index (χ2n) is 6.67. The summed E-state index contributed by atoms with van der Waals surface area (Å²) in [7, 11) is 0. The predicted molar refractivity (Wildman–Crippen MR) is 92.8 cm³/mol. The van der Waals surface area contributed by atoms with Crippen LogP contribution in [-0.4, -0.2) is 58.6 Å². The summed E-state index contributed by atoms with van der Waals surface area (Å²) in [5.41, 5.74) is 1.33. The number of piperazine rings is 1. The Morgan fingerprint density at radius 1 is 1.31 bits per heavy atom. The van der Waals surface area contributed by atoms with Crippen molar-refractivity contribution in [3.63, 3.8) is 0 Å². The van der Waals surface area contributed by atoms with Crippen LogP contribution in [0.15, 0.2) is 30.5 Å². The van der Waals surface area contributed by atoms with Crippen LogP contribution < -0.4 is 10.6 Å². The summed E-state index contributed by atoms with van der Waals surface area (Å²) >= 11 is 0. The second kappa shape index (κ2) is 6.87. The van der Waals surface area contributed by atoms with Crippen LogP contribution in [-0.2, 0) is 4.79 Å². The third kappa shape index (κ3) is 3.32. The lowest BCUT2D eigenvalue weighted by Crippen LogP contribution is -2.59. The van der Waals surface area contributed by atoms with Crippen LogP contribution >= 0.6 is 0 Å². The van der Waals surface area contributed by atoms with Gasteiger partial charge in [-0.15, -0.1) is 0 Å². The van der Waals surface area contributed by atoms with Crippen molar-refractivity contribution < 1.29 is 14.0 Å². The fraction of sp³-hybridized carbons (Fsp3) is 0.389. The van der Waals surface area contributed by atoms with Crippen molar-refractivity contribution in [1.82, 2.24) is 25.7 Å². The molecule has 4 rings (SSSR count). The van der Waals surface area contributed by atoms with Crippen LogP contribution in [0.3, 0.4) is 0 Å². The molecule has 1 aromatic heterocycles. The molecule has 2 aromatic rings. The lowest BCUT2D eigenvalue weighted by Gasteiger charge is -2.35. The smallest absolute Gasteiger partial charge is 0.258 e. The molecule has 3 N–H and O–H groups in total. The van der Waals surface area contributed by atoms with Gasteiger partial charge in [0.05, 0.1) is 17.5 Å². The molecule has 1 saturated carbocycles. The monoisotopic (exact) mass is 357 g/mol. The molecule has 0 spiro atoms. The van der Waals surface area contributed by atoms with Gasteiger partial charge in [-0.2, -0.15) is 5.10 Å². The molecule has 2 fully saturated rings. The minimum Gasteiger partial charge on any atom is -0.352 e. The van der Waals surface area contributed by atoms with Crippen molar-refractivity contribution in [3.05, 3.63) is 41.8 Å². The first-order chi connectivity index (χ1) is 12.6. The fourth-order valence-electron chi connectivity index (χ4n) is 3.17. The molecule has 2 amide bonds. The summed E-state index contributed by atoms with van der Waals surface area (Å²) in [6.45, 7) is 1.46. The zero-order valence-corrected chi connectivity index (χ0v) is 14.2. The molecule has 1 aromatic carbocycles. The van der Waals surface area contributed by atoms with Crippen LogP contribution in [0.2, 0.25) is 0 Å². The van der Waals surface area contributed by atoms with Crippen molar-refractivity contribution in [3.8, 4) is 11.3 Å². The number of halogens is 1. The maximum Gasteiger partial charge on any atom is 0.258 e. The van der Waals surface area contributed by atoms with Crippen molar-refractivity contribution in [2.75, 3.05) is 19.6 Å². The third-order valence-electron chi connectivity index (χ3n) is 4.71. The zero-order chi connectivity index (χ0) is 18.1. The molecule has 1 unspecified atom stereocenters. The van der Waals surface area contributed by atoms with Gasteiger partial charge in [0.15, 0.2) is 0 Å². The van der Waals surface area contributed by atoms with Crippen molar-refractivity contribution in [2.45, 2.75) is 24.9 Å². The largest absolute Gasteiger partial charge is 0.352 e. The van der Waals surface area contributed by atoms with Crippen LogP contribution in [0.5, 0.6) is 0 Å². The van der Waals surface area contributed by atoms with E-state index >= 15 is 0 Å². The number of aromatic nitrogens is 2. The molecule has 8 heteroatoms. The van der Waals surface area contributed by atoms with E-state index in [2.05, 4.69) is 20.8 Å². The molecule has 0 radical (unpaired) electrons. The second-order valence-corrected chi connectivity index (χ2v) is 6.67. The summed E-state index contributed by atoms with van der Waals surface area (Å²) in [5, 5.41) is 12.9. The van der Waals surface area contributed by atoms with Gasteiger partial charge in [-0.05, 0) is 25.0 Å². The number of hydrogen-bond acceptors (Lipinski definition) is 4. The quantitative estimate of drug-likeness (QED) is 0.759. The van der Waals surface area contributed by atoms with Gasteiger partial charge in [0.25, 0.3) is 5.91 Å². The number of rotatable bonds is 4. The molecule has 1 aliphatic carbocycles. The highest BCUT2D eigenvalue weighted by atomic mass is 19.1. The lowest BCUT2D eigenvalue weighted by atomic mass is 10.1. The van der Waals surface area contributed by atoms with Gasteiger partial charge >= 0.3 is 0 Å². The number of hydrogen-bond donors (Lipinski definition) is 3. The molecule has 136 valence electrons. The highest BCUT2D eigenvalue weighted by Gasteiger charge is 2.36. The van der Waals surface area contributed by atoms with E-state index in [-0.39, 0.29) is 23.7 Å². The molecule has 26 heavy (non-hydrogen) atoms. The number of amides is 2. The van der Waals surface area contributed by atoms with Gasteiger partial charge in [-0.1, -0.05) is 12.1 Å². The summed E-state index contributed by atoms with van der Waals surface area (Å²) in [4.78, 5) is 27.2. The maximum atomic E-state index is 13.6. The number of aromatic amines is 1. The number of benzene rings is 1. The van der Waals surface area contributed by atoms with Gasteiger partial charge in [0, 0.05) is 31.2 Å². The average molecular weight is 357 g/mol. The Bertz CT molecular complexity index is 832. The van der Waals surface area contributed by atoms with Crippen LogP contribution in [0, 0.1) is 5.82 Å². The first-order valence-electron chi connectivity index (χ1n) is 8.75. The van der Waals surface area contributed by atoms with E-state index in [1.807, 2.05) is 0 Å². The van der Waals surface area contributed by atoms with Gasteiger partial charge < -0.3 is 15.5 Å². The SMILES string of the molecule is O=C(NC1CC1)C1CNCCN1C(=O)c1cn[nH]c1-c1cccc(F)c1. The molecule has 1 aliphatic heterocycles. The topological polar surface area (TPSA) is 90.1 Å². The molecule has 2 heterocycles. The Morgan fingerprint density at radius 3 is 2.92 bits per heavy atom. The van der Waals surface area contributed by atoms with Crippen LogP contribution in [0.25, 0.3) is 11.3 Å². The Hall–Kier alpha value is -2.74. The Labute approximate surface area is 150 Å². The van der Waals surface area contributed by atoms with Gasteiger partial charge in [0.2, 0.25) is 5.91 Å². The molecule has 1 atom stereocenters. The highest BCUT2D eigenvalue weighted by Crippen LogP contribution is 2.24. The van der Waals surface area contributed by atoms with E-state index in [1.165, 1.54) is 18.3 Å². The zero-order valence-electron chi connectivity index (χ0n) is 14.2. The van der Waals surface area contributed by atoms with Crippen LogP contribution in [0.4, 0.5) is 4.39 Å². The molecule has 2 aliphatic rings. The molecule has 1 saturated heterocycles. The van der Waals surface area contributed by atoms with Crippen molar-refractivity contribution in [2.24, 2.45) is 0 Å². The fourth-order valence-corrected chi connectivity index (χ4v) is 3.17. The van der Waals surface area contributed by atoms with Crippen LogP contribution in [0.1, 0.15) is 23.2 Å². The summed E-state index contributed by atoms with van der Waals surface area (Å²) in [6.07, 6.45) is 3.41. The molecular weight excluding hydrogens is 337 g/mol. The number of nitrogens with one attached hydrogen (secondary N) is 3.